The molecular formula is C13H17FN2O3S. The average Bonchev–Trinajstić information content (AvgIpc) is 3.02. The Bertz CT molecular complexity index is 645. The molecule has 0 spiro atoms. The number of halogens is 1. The number of benzene rings is 1. The summed E-state index contributed by atoms with van der Waals surface area (Å²) in [5, 5.41) is 4.91. The fourth-order valence-corrected chi connectivity index (χ4v) is 2.67. The van der Waals surface area contributed by atoms with Crippen LogP contribution in [0.4, 0.5) is 4.39 Å². The predicted molar refractivity (Wildman–Crippen MR) is 72.0 cm³/mol. The Morgan fingerprint density at radius 3 is 2.55 bits per heavy atom. The van der Waals surface area contributed by atoms with E-state index in [4.69, 9.17) is 5.14 Å². The van der Waals surface area contributed by atoms with Crippen molar-refractivity contribution < 1.29 is 17.6 Å². The normalized spacial score (nSPS) is 21.6. The number of sulfonamides is 1. The Labute approximate surface area is 117 Å². The van der Waals surface area contributed by atoms with Gasteiger partial charge in [0.25, 0.3) is 5.91 Å². The molecule has 0 heterocycles. The van der Waals surface area contributed by atoms with Crippen LogP contribution >= 0.6 is 0 Å². The second kappa shape index (κ2) is 5.14. The number of nitrogens with zero attached hydrogens (tertiary/aromatic N) is 1. The van der Waals surface area contributed by atoms with Crippen LogP contribution in [-0.4, -0.2) is 32.8 Å². The monoisotopic (exact) mass is 300 g/mol. The molecule has 0 saturated heterocycles. The van der Waals surface area contributed by atoms with Crippen LogP contribution in [-0.2, 0) is 10.0 Å². The van der Waals surface area contributed by atoms with Crippen molar-refractivity contribution in [2.75, 3.05) is 13.6 Å². The molecule has 1 amide bonds. The van der Waals surface area contributed by atoms with E-state index in [2.05, 4.69) is 6.92 Å². The summed E-state index contributed by atoms with van der Waals surface area (Å²) in [6.07, 6.45) is 1.07. The third-order valence-electron chi connectivity index (χ3n) is 3.63. The summed E-state index contributed by atoms with van der Waals surface area (Å²) in [7, 11) is -2.36. The van der Waals surface area contributed by atoms with Gasteiger partial charge in [-0.25, -0.2) is 17.9 Å². The van der Waals surface area contributed by atoms with Gasteiger partial charge in [0.15, 0.2) is 0 Å². The maximum absolute atomic E-state index is 13.9. The number of carbonyl (C=O) groups is 1. The topological polar surface area (TPSA) is 80.5 Å². The molecule has 0 radical (unpaired) electrons. The lowest BCUT2D eigenvalue weighted by Gasteiger charge is -2.17. The van der Waals surface area contributed by atoms with Crippen molar-refractivity contribution in [2.45, 2.75) is 18.2 Å². The molecule has 7 heteroatoms. The third kappa shape index (κ3) is 3.16. The van der Waals surface area contributed by atoms with Crippen LogP contribution in [0.25, 0.3) is 0 Å². The second-order valence-electron chi connectivity index (χ2n) is 5.35. The van der Waals surface area contributed by atoms with E-state index < -0.39 is 21.7 Å². The molecule has 1 fully saturated rings. The van der Waals surface area contributed by atoms with Crippen LogP contribution in [0, 0.1) is 17.7 Å². The van der Waals surface area contributed by atoms with E-state index in [0.29, 0.717) is 18.4 Å². The molecule has 0 bridgehead atoms. The molecule has 1 aromatic rings. The summed E-state index contributed by atoms with van der Waals surface area (Å²) in [5.41, 5.74) is -0.145. The van der Waals surface area contributed by atoms with E-state index in [-0.39, 0.29) is 10.5 Å². The van der Waals surface area contributed by atoms with Gasteiger partial charge in [-0.15, -0.1) is 0 Å². The number of hydrogen-bond donors (Lipinski definition) is 1. The van der Waals surface area contributed by atoms with Gasteiger partial charge in [0.2, 0.25) is 10.0 Å². The van der Waals surface area contributed by atoms with Crippen molar-refractivity contribution in [3.8, 4) is 0 Å². The average molecular weight is 300 g/mol. The zero-order valence-electron chi connectivity index (χ0n) is 11.3. The SMILES string of the molecule is CC1CC1CN(C)C(=O)c1ccc(S(N)(=O)=O)cc1F. The first-order valence-corrected chi connectivity index (χ1v) is 7.82. The van der Waals surface area contributed by atoms with Crippen molar-refractivity contribution >= 4 is 15.9 Å². The fraction of sp³-hybridized carbons (Fsp3) is 0.462. The Hall–Kier alpha value is -1.47. The highest BCUT2D eigenvalue weighted by atomic mass is 32.2. The van der Waals surface area contributed by atoms with E-state index in [9.17, 15) is 17.6 Å². The highest BCUT2D eigenvalue weighted by molar-refractivity contribution is 7.89. The summed E-state index contributed by atoms with van der Waals surface area (Å²) < 4.78 is 36.1. The molecule has 1 saturated carbocycles. The number of carbonyl (C=O) groups excluding carboxylic acids is 1. The summed E-state index contributed by atoms with van der Waals surface area (Å²) in [4.78, 5) is 13.2. The number of primary sulfonamides is 1. The van der Waals surface area contributed by atoms with Gasteiger partial charge in [-0.2, -0.15) is 0 Å². The van der Waals surface area contributed by atoms with Crippen LogP contribution in [0.2, 0.25) is 0 Å². The zero-order valence-corrected chi connectivity index (χ0v) is 12.2. The Morgan fingerprint density at radius 2 is 2.10 bits per heavy atom. The molecule has 2 N–H and O–H groups in total. The van der Waals surface area contributed by atoms with Gasteiger partial charge in [0.05, 0.1) is 10.5 Å². The first kappa shape index (κ1) is 14.9. The zero-order chi connectivity index (χ0) is 15.1. The van der Waals surface area contributed by atoms with Crippen LogP contribution in [0.3, 0.4) is 0 Å². The van der Waals surface area contributed by atoms with Crippen molar-refractivity contribution in [3.05, 3.63) is 29.6 Å². The van der Waals surface area contributed by atoms with Crippen molar-refractivity contribution in [1.82, 2.24) is 4.90 Å². The molecule has 0 aliphatic heterocycles. The molecule has 2 unspecified atom stereocenters. The standard InChI is InChI=1S/C13H17FN2O3S/c1-8-5-9(8)7-16(2)13(17)11-4-3-10(6-12(11)14)20(15,18)19/h3-4,6,8-9H,5,7H2,1-2H3,(H2,15,18,19). The van der Waals surface area contributed by atoms with Crippen LogP contribution in [0.1, 0.15) is 23.7 Å². The maximum atomic E-state index is 13.9. The number of hydrogen-bond acceptors (Lipinski definition) is 3. The molecule has 2 atom stereocenters. The van der Waals surface area contributed by atoms with Crippen molar-refractivity contribution in [3.63, 3.8) is 0 Å². The molecule has 0 aromatic heterocycles. The van der Waals surface area contributed by atoms with E-state index in [0.717, 1.165) is 24.6 Å². The van der Waals surface area contributed by atoms with Gasteiger partial charge >= 0.3 is 0 Å². The minimum absolute atomic E-state index is 0.145. The molecule has 110 valence electrons. The predicted octanol–water partition coefficient (Wildman–Crippen LogP) is 1.20. The Kier molecular flexibility index (Phi) is 3.84. The number of rotatable bonds is 4. The minimum atomic E-state index is -3.97. The lowest BCUT2D eigenvalue weighted by atomic mass is 10.2. The minimum Gasteiger partial charge on any atom is -0.341 e. The first-order chi connectivity index (χ1) is 9.20. The fourth-order valence-electron chi connectivity index (χ4n) is 2.14. The quantitative estimate of drug-likeness (QED) is 0.907. The van der Waals surface area contributed by atoms with E-state index in [1.54, 1.807) is 7.05 Å². The largest absolute Gasteiger partial charge is 0.341 e. The Morgan fingerprint density at radius 1 is 1.50 bits per heavy atom. The first-order valence-electron chi connectivity index (χ1n) is 6.28. The van der Waals surface area contributed by atoms with Gasteiger partial charge < -0.3 is 4.90 Å². The molecule has 1 aliphatic rings. The lowest BCUT2D eigenvalue weighted by Crippen LogP contribution is -2.30. The summed E-state index contributed by atoms with van der Waals surface area (Å²) >= 11 is 0. The molecule has 1 aliphatic carbocycles. The van der Waals surface area contributed by atoms with Gasteiger partial charge in [0.1, 0.15) is 5.82 Å². The van der Waals surface area contributed by atoms with Gasteiger partial charge in [-0.3, -0.25) is 4.79 Å². The Balaban J connectivity index is 2.18. The van der Waals surface area contributed by atoms with Gasteiger partial charge in [-0.05, 0) is 36.5 Å². The number of nitrogens with two attached hydrogens (primary N) is 1. The van der Waals surface area contributed by atoms with Crippen LogP contribution < -0.4 is 5.14 Å². The molecule has 2 rings (SSSR count). The highest BCUT2D eigenvalue weighted by Gasteiger charge is 2.34. The summed E-state index contributed by atoms with van der Waals surface area (Å²) in [5.74, 6) is -0.268. The molecule has 5 nitrogen and oxygen atoms in total. The molecule has 20 heavy (non-hydrogen) atoms. The van der Waals surface area contributed by atoms with Gasteiger partial charge in [0, 0.05) is 13.6 Å². The van der Waals surface area contributed by atoms with E-state index >= 15 is 0 Å². The number of amides is 1. The van der Waals surface area contributed by atoms with Crippen molar-refractivity contribution in [1.29, 1.82) is 0 Å². The van der Waals surface area contributed by atoms with E-state index in [1.807, 2.05) is 0 Å². The summed E-state index contributed by atoms with van der Waals surface area (Å²) in [6, 6.07) is 3.07. The lowest BCUT2D eigenvalue weighted by molar-refractivity contribution is 0.0782. The molecular weight excluding hydrogens is 283 g/mol. The highest BCUT2D eigenvalue weighted by Crippen LogP contribution is 2.38. The summed E-state index contributed by atoms with van der Waals surface area (Å²) in [6.45, 7) is 2.68. The van der Waals surface area contributed by atoms with Crippen molar-refractivity contribution in [2.24, 2.45) is 17.0 Å². The molecule has 1 aromatic carbocycles. The van der Waals surface area contributed by atoms with E-state index in [1.165, 1.54) is 4.90 Å². The smallest absolute Gasteiger partial charge is 0.256 e. The maximum Gasteiger partial charge on any atom is 0.256 e. The van der Waals surface area contributed by atoms with Gasteiger partial charge in [-0.1, -0.05) is 6.92 Å². The second-order valence-corrected chi connectivity index (χ2v) is 6.91. The van der Waals surface area contributed by atoms with Crippen LogP contribution in [0.15, 0.2) is 23.1 Å². The van der Waals surface area contributed by atoms with Crippen LogP contribution in [0.5, 0.6) is 0 Å². The third-order valence-corrected chi connectivity index (χ3v) is 4.54.